The second kappa shape index (κ2) is 7.34. The lowest BCUT2D eigenvalue weighted by molar-refractivity contribution is 0.0887. The van der Waals surface area contributed by atoms with Gasteiger partial charge >= 0.3 is 0 Å². The molecule has 0 spiro atoms. The average molecular weight is 392 g/mol. The predicted molar refractivity (Wildman–Crippen MR) is 90.1 cm³/mol. The number of nitrogens with two attached hydrogens (primary N) is 1. The molecule has 0 aliphatic heterocycles. The minimum absolute atomic E-state index is 0. The van der Waals surface area contributed by atoms with Gasteiger partial charge in [0.1, 0.15) is 0 Å². The number of carbonyl (C=O) groups is 1. The largest absolute Gasteiger partial charge is 0.343 e. The fraction of sp³-hybridized carbons (Fsp3) is 0.538. The molecule has 0 saturated carbocycles. The molecule has 0 saturated heterocycles. The Bertz CT molecular complexity index is 661. The summed E-state index contributed by atoms with van der Waals surface area (Å²) >= 11 is 3.30. The van der Waals surface area contributed by atoms with Crippen molar-refractivity contribution in [1.82, 2.24) is 24.9 Å². The third kappa shape index (κ3) is 4.37. The van der Waals surface area contributed by atoms with Crippen LogP contribution in [0.25, 0.3) is 5.78 Å². The van der Waals surface area contributed by atoms with Crippen molar-refractivity contribution in [1.29, 1.82) is 0 Å². The third-order valence-corrected chi connectivity index (χ3v) is 3.50. The summed E-state index contributed by atoms with van der Waals surface area (Å²) < 4.78 is 2.22. The van der Waals surface area contributed by atoms with Crippen molar-refractivity contribution in [3.63, 3.8) is 0 Å². The highest BCUT2D eigenvalue weighted by Gasteiger charge is 2.28. The molecule has 0 radical (unpaired) electrons. The quantitative estimate of drug-likeness (QED) is 0.810. The number of carbonyl (C=O) groups excluding carboxylic acids is 1. The summed E-state index contributed by atoms with van der Waals surface area (Å²) in [6, 6.07) is 0. The van der Waals surface area contributed by atoms with Gasteiger partial charge in [0, 0.05) is 18.9 Å². The summed E-state index contributed by atoms with van der Waals surface area (Å²) in [4.78, 5) is 20.5. The Labute approximate surface area is 143 Å². The maximum Gasteiger partial charge on any atom is 0.291 e. The molecular formula is C13H20BrClN6O. The molecule has 7 nitrogen and oxygen atoms in total. The van der Waals surface area contributed by atoms with Crippen molar-refractivity contribution in [2.45, 2.75) is 32.7 Å². The van der Waals surface area contributed by atoms with Crippen molar-refractivity contribution in [3.8, 4) is 0 Å². The Hall–Kier alpha value is -1.25. The second-order valence-electron chi connectivity index (χ2n) is 5.77. The van der Waals surface area contributed by atoms with Gasteiger partial charge in [0.15, 0.2) is 0 Å². The van der Waals surface area contributed by atoms with E-state index in [0.717, 1.165) is 10.9 Å². The van der Waals surface area contributed by atoms with Crippen LogP contribution in [0.1, 0.15) is 37.8 Å². The Balaban J connectivity index is 0.00000242. The van der Waals surface area contributed by atoms with E-state index in [-0.39, 0.29) is 24.1 Å². The van der Waals surface area contributed by atoms with Crippen molar-refractivity contribution in [2.24, 2.45) is 11.7 Å². The van der Waals surface area contributed by atoms with Crippen LogP contribution in [-0.2, 0) is 0 Å². The Morgan fingerprint density at radius 1 is 1.55 bits per heavy atom. The minimum Gasteiger partial charge on any atom is -0.343 e. The van der Waals surface area contributed by atoms with Crippen LogP contribution in [0.3, 0.4) is 0 Å². The van der Waals surface area contributed by atoms with Crippen LogP contribution >= 0.6 is 28.3 Å². The van der Waals surface area contributed by atoms with E-state index in [4.69, 9.17) is 5.73 Å². The van der Waals surface area contributed by atoms with E-state index in [1.165, 1.54) is 4.52 Å². The summed E-state index contributed by atoms with van der Waals surface area (Å²) in [5.74, 6) is 0.543. The zero-order chi connectivity index (χ0) is 15.6. The van der Waals surface area contributed by atoms with Crippen LogP contribution in [0.15, 0.2) is 16.9 Å². The van der Waals surface area contributed by atoms with Gasteiger partial charge in [-0.05, 0) is 35.2 Å². The molecule has 2 rings (SSSR count). The summed E-state index contributed by atoms with van der Waals surface area (Å²) in [5.41, 5.74) is 5.32. The number of nitrogens with one attached hydrogen (secondary N) is 1. The van der Waals surface area contributed by atoms with Gasteiger partial charge < -0.3 is 11.1 Å². The first-order valence-electron chi connectivity index (χ1n) is 6.73. The molecule has 9 heteroatoms. The number of amides is 1. The fourth-order valence-electron chi connectivity index (χ4n) is 2.27. The number of halogens is 2. The number of fused-ring (bicyclic) bond motifs is 1. The maximum atomic E-state index is 12.3. The number of aromatic nitrogens is 4. The lowest BCUT2D eigenvalue weighted by atomic mass is 9.90. The van der Waals surface area contributed by atoms with E-state index in [9.17, 15) is 4.79 Å². The van der Waals surface area contributed by atoms with Crippen LogP contribution in [0, 0.1) is 5.92 Å². The molecule has 0 aromatic carbocycles. The molecule has 2 aromatic rings. The number of nitrogens with zero attached hydrogens (tertiary/aromatic N) is 4. The van der Waals surface area contributed by atoms with Crippen LogP contribution < -0.4 is 11.1 Å². The van der Waals surface area contributed by atoms with Crippen LogP contribution in [0.5, 0.6) is 0 Å². The van der Waals surface area contributed by atoms with Crippen molar-refractivity contribution < 1.29 is 4.79 Å². The minimum atomic E-state index is -0.475. The summed E-state index contributed by atoms with van der Waals surface area (Å²) in [5, 5.41) is 7.06. The van der Waals surface area contributed by atoms with E-state index in [2.05, 4.69) is 50.2 Å². The first-order chi connectivity index (χ1) is 9.83. The highest BCUT2D eigenvalue weighted by Crippen LogP contribution is 2.16. The molecule has 1 amide bonds. The smallest absolute Gasteiger partial charge is 0.291 e. The van der Waals surface area contributed by atoms with Gasteiger partial charge in [-0.1, -0.05) is 13.8 Å². The van der Waals surface area contributed by atoms with Crippen LogP contribution in [0.2, 0.25) is 0 Å². The van der Waals surface area contributed by atoms with Gasteiger partial charge in [-0.25, -0.2) is 9.50 Å². The second-order valence-corrected chi connectivity index (χ2v) is 6.68. The van der Waals surface area contributed by atoms with Gasteiger partial charge in [-0.2, -0.15) is 4.98 Å². The fourth-order valence-corrected chi connectivity index (χ4v) is 2.57. The van der Waals surface area contributed by atoms with Gasteiger partial charge in [0.25, 0.3) is 11.7 Å². The summed E-state index contributed by atoms with van der Waals surface area (Å²) in [6.45, 7) is 6.46. The lowest BCUT2D eigenvalue weighted by Gasteiger charge is -2.30. The molecule has 0 bridgehead atoms. The van der Waals surface area contributed by atoms with E-state index >= 15 is 0 Å². The standard InChI is InChI=1S/C13H19BrN6O.ClH/c1-8(2)4-13(3,7-15)18-11(21)10-17-12-16-5-9(14)6-20(12)19-10;/h5-6,8H,4,7,15H2,1-3H3,(H,18,21);1H. The SMILES string of the molecule is CC(C)CC(C)(CN)NC(=O)c1nc2ncc(Br)cn2n1.Cl. The molecule has 2 heterocycles. The Kier molecular flexibility index (Phi) is 6.27. The van der Waals surface area contributed by atoms with E-state index in [1.54, 1.807) is 12.4 Å². The average Bonchev–Trinajstić information content (AvgIpc) is 2.80. The number of hydrogen-bond acceptors (Lipinski definition) is 5. The molecule has 0 aliphatic carbocycles. The van der Waals surface area contributed by atoms with E-state index in [0.29, 0.717) is 18.2 Å². The normalized spacial score (nSPS) is 13.7. The summed E-state index contributed by atoms with van der Waals surface area (Å²) in [7, 11) is 0. The van der Waals surface area contributed by atoms with Crippen LogP contribution in [0.4, 0.5) is 0 Å². The van der Waals surface area contributed by atoms with Gasteiger partial charge in [-0.15, -0.1) is 17.5 Å². The highest BCUT2D eigenvalue weighted by atomic mass is 79.9. The topological polar surface area (TPSA) is 98.2 Å². The number of rotatable bonds is 5. The molecule has 1 atom stereocenters. The molecular weight excluding hydrogens is 372 g/mol. The first kappa shape index (κ1) is 18.8. The molecule has 122 valence electrons. The zero-order valence-corrected chi connectivity index (χ0v) is 15.1. The Morgan fingerprint density at radius 3 is 2.82 bits per heavy atom. The van der Waals surface area contributed by atoms with Gasteiger partial charge in [-0.3, -0.25) is 4.79 Å². The van der Waals surface area contributed by atoms with E-state index in [1.807, 2.05) is 6.92 Å². The lowest BCUT2D eigenvalue weighted by Crippen LogP contribution is -2.52. The van der Waals surface area contributed by atoms with Crippen molar-refractivity contribution in [2.75, 3.05) is 6.54 Å². The van der Waals surface area contributed by atoms with Gasteiger partial charge in [0.05, 0.1) is 10.0 Å². The molecule has 0 fully saturated rings. The van der Waals surface area contributed by atoms with E-state index < -0.39 is 5.54 Å². The summed E-state index contributed by atoms with van der Waals surface area (Å²) in [6.07, 6.45) is 4.09. The Morgan fingerprint density at radius 2 is 2.23 bits per heavy atom. The number of hydrogen-bond donors (Lipinski definition) is 2. The highest BCUT2D eigenvalue weighted by molar-refractivity contribution is 9.10. The third-order valence-electron chi connectivity index (χ3n) is 3.09. The monoisotopic (exact) mass is 390 g/mol. The van der Waals surface area contributed by atoms with Gasteiger partial charge in [0.2, 0.25) is 5.82 Å². The predicted octanol–water partition coefficient (Wildman–Crippen LogP) is 1.80. The molecule has 2 aromatic heterocycles. The molecule has 0 aliphatic rings. The van der Waals surface area contributed by atoms with Crippen molar-refractivity contribution >= 4 is 40.0 Å². The maximum absolute atomic E-state index is 12.3. The van der Waals surface area contributed by atoms with Crippen LogP contribution in [-0.4, -0.2) is 37.6 Å². The molecule has 3 N–H and O–H groups in total. The first-order valence-corrected chi connectivity index (χ1v) is 7.53. The molecule has 1 unspecified atom stereocenters. The zero-order valence-electron chi connectivity index (χ0n) is 12.7. The molecule has 22 heavy (non-hydrogen) atoms. The van der Waals surface area contributed by atoms with Crippen molar-refractivity contribution in [3.05, 3.63) is 22.7 Å².